The van der Waals surface area contributed by atoms with Crippen LogP contribution in [0.25, 0.3) is 22.3 Å². The van der Waals surface area contributed by atoms with Crippen LogP contribution in [-0.4, -0.2) is 17.0 Å². The summed E-state index contributed by atoms with van der Waals surface area (Å²) < 4.78 is 39.5. The first-order valence-electron chi connectivity index (χ1n) is 10.2. The second-order valence-electron chi connectivity index (χ2n) is 7.66. The van der Waals surface area contributed by atoms with Crippen molar-refractivity contribution in [3.8, 4) is 33.8 Å². The largest absolute Gasteiger partial charge is 0.423 e. The number of carbonyl (C=O) groups excluding carboxylic acids is 2. The summed E-state index contributed by atoms with van der Waals surface area (Å²) in [6, 6.07) is 12.9. The van der Waals surface area contributed by atoms with Gasteiger partial charge in [-0.2, -0.15) is 0 Å². The molecule has 0 spiro atoms. The summed E-state index contributed by atoms with van der Waals surface area (Å²) in [6.07, 6.45) is 0. The lowest BCUT2D eigenvalue weighted by molar-refractivity contribution is -0.131. The maximum absolute atomic E-state index is 15.0. The van der Waals surface area contributed by atoms with E-state index in [0.717, 1.165) is 6.07 Å². The molecule has 3 aromatic carbocycles. The molecule has 7 heteroatoms. The van der Waals surface area contributed by atoms with Crippen molar-refractivity contribution in [3.05, 3.63) is 96.1 Å². The minimum absolute atomic E-state index is 0.132. The maximum atomic E-state index is 15.0. The van der Waals surface area contributed by atoms with E-state index in [0.29, 0.717) is 22.3 Å². The number of hydrogen-bond acceptors (Lipinski definition) is 5. The molecule has 3 aromatic rings. The van der Waals surface area contributed by atoms with Gasteiger partial charge in [0.1, 0.15) is 11.6 Å². The van der Waals surface area contributed by atoms with E-state index in [-0.39, 0.29) is 28.2 Å². The van der Waals surface area contributed by atoms with E-state index in [1.807, 2.05) is 0 Å². The molecule has 0 aliphatic heterocycles. The summed E-state index contributed by atoms with van der Waals surface area (Å²) in [5.41, 5.74) is 2.13. The second kappa shape index (κ2) is 10.2. The number of aliphatic hydroxyl groups excluding tert-OH is 1. The van der Waals surface area contributed by atoms with Crippen LogP contribution < -0.4 is 9.47 Å². The van der Waals surface area contributed by atoms with Crippen LogP contribution in [0.2, 0.25) is 0 Å². The lowest BCUT2D eigenvalue weighted by Gasteiger charge is -2.12. The van der Waals surface area contributed by atoms with Gasteiger partial charge >= 0.3 is 11.9 Å². The maximum Gasteiger partial charge on any atom is 0.338 e. The summed E-state index contributed by atoms with van der Waals surface area (Å²) in [5, 5.41) is 9.66. The highest BCUT2D eigenvalue weighted by atomic mass is 19.1. The van der Waals surface area contributed by atoms with Gasteiger partial charge in [0.05, 0.1) is 6.61 Å². The summed E-state index contributed by atoms with van der Waals surface area (Å²) in [5.74, 6) is -2.83. The lowest BCUT2D eigenvalue weighted by Crippen LogP contribution is -2.09. The quantitative estimate of drug-likeness (QED) is 0.274. The third kappa shape index (κ3) is 5.44. The molecule has 174 valence electrons. The Balaban J connectivity index is 1.89. The number of aliphatic hydroxyl groups is 1. The van der Waals surface area contributed by atoms with Gasteiger partial charge in [-0.1, -0.05) is 37.4 Å². The van der Waals surface area contributed by atoms with Crippen molar-refractivity contribution in [1.82, 2.24) is 0 Å². The highest BCUT2D eigenvalue weighted by molar-refractivity contribution is 5.89. The Morgan fingerprint density at radius 3 is 1.79 bits per heavy atom. The van der Waals surface area contributed by atoms with E-state index in [9.17, 15) is 23.5 Å². The molecule has 0 radical (unpaired) electrons. The zero-order chi connectivity index (χ0) is 25.0. The molecule has 0 amide bonds. The van der Waals surface area contributed by atoms with Crippen LogP contribution in [0.15, 0.2) is 78.9 Å². The third-order valence-electron chi connectivity index (χ3n) is 4.88. The van der Waals surface area contributed by atoms with Crippen LogP contribution in [0.4, 0.5) is 8.78 Å². The Morgan fingerprint density at radius 1 is 0.765 bits per heavy atom. The van der Waals surface area contributed by atoms with Crippen LogP contribution >= 0.6 is 0 Å². The first-order valence-corrected chi connectivity index (χ1v) is 10.2. The number of hydrogen-bond donors (Lipinski definition) is 1. The molecule has 0 aliphatic rings. The van der Waals surface area contributed by atoms with Gasteiger partial charge in [-0.05, 0) is 60.9 Å². The van der Waals surface area contributed by atoms with E-state index in [1.165, 1.54) is 50.2 Å². The molecule has 0 atom stereocenters. The van der Waals surface area contributed by atoms with Gasteiger partial charge in [0, 0.05) is 22.3 Å². The van der Waals surface area contributed by atoms with E-state index in [2.05, 4.69) is 13.2 Å². The molecule has 3 rings (SSSR count). The Hall–Kier alpha value is -4.10. The fourth-order valence-electron chi connectivity index (χ4n) is 3.04. The van der Waals surface area contributed by atoms with Crippen LogP contribution in [0.1, 0.15) is 19.4 Å². The molecule has 34 heavy (non-hydrogen) atoms. The third-order valence-corrected chi connectivity index (χ3v) is 4.88. The number of benzene rings is 3. The normalized spacial score (nSPS) is 10.5. The molecule has 5 nitrogen and oxygen atoms in total. The molecule has 0 saturated heterocycles. The van der Waals surface area contributed by atoms with Gasteiger partial charge in [0.15, 0.2) is 11.6 Å². The molecule has 0 aliphatic carbocycles. The molecular formula is C27H22F2O5. The number of halogens is 2. The molecule has 0 bridgehead atoms. The van der Waals surface area contributed by atoms with Crippen molar-refractivity contribution in [2.75, 3.05) is 0 Å². The molecule has 0 aromatic heterocycles. The molecule has 0 heterocycles. The SMILES string of the molecule is C=C(C)C(=O)Oc1ccc(-c2ccc(-c3ccc(OC(=O)C(=C)C)c(CO)c3)c(F)c2)cc1F. The summed E-state index contributed by atoms with van der Waals surface area (Å²) in [6.45, 7) is 9.48. The average molecular weight is 464 g/mol. The van der Waals surface area contributed by atoms with Gasteiger partial charge in [0.25, 0.3) is 0 Å². The van der Waals surface area contributed by atoms with Crippen LogP contribution in [0.3, 0.4) is 0 Å². The van der Waals surface area contributed by atoms with Crippen molar-refractivity contribution < 1.29 is 33.0 Å². The zero-order valence-electron chi connectivity index (χ0n) is 18.7. The topological polar surface area (TPSA) is 72.8 Å². The fraction of sp³-hybridized carbons (Fsp3) is 0.111. The first-order chi connectivity index (χ1) is 16.1. The highest BCUT2D eigenvalue weighted by Gasteiger charge is 2.15. The smallest absolute Gasteiger partial charge is 0.338 e. The molecule has 0 fully saturated rings. The predicted molar refractivity (Wildman–Crippen MR) is 124 cm³/mol. The molecular weight excluding hydrogens is 442 g/mol. The summed E-state index contributed by atoms with van der Waals surface area (Å²) >= 11 is 0. The van der Waals surface area contributed by atoms with Crippen molar-refractivity contribution in [2.24, 2.45) is 0 Å². The standard InChI is InChI=1S/C27H22F2O5/c1-15(2)26(31)33-24-9-7-19(11-20(24)14-30)21-8-5-17(12-22(21)28)18-6-10-25(23(29)13-18)34-27(32)16(3)4/h5-13,30H,1,3,14H2,2,4H3. The number of ether oxygens (including phenoxy) is 2. The van der Waals surface area contributed by atoms with E-state index >= 15 is 0 Å². The van der Waals surface area contributed by atoms with Crippen molar-refractivity contribution in [2.45, 2.75) is 20.5 Å². The van der Waals surface area contributed by atoms with Gasteiger partial charge < -0.3 is 14.6 Å². The fourth-order valence-corrected chi connectivity index (χ4v) is 3.04. The Morgan fingerprint density at radius 2 is 1.26 bits per heavy atom. The Bertz CT molecular complexity index is 1310. The van der Waals surface area contributed by atoms with Crippen LogP contribution in [0, 0.1) is 11.6 Å². The zero-order valence-corrected chi connectivity index (χ0v) is 18.7. The minimum atomic E-state index is -0.774. The van der Waals surface area contributed by atoms with Crippen molar-refractivity contribution in [1.29, 1.82) is 0 Å². The van der Waals surface area contributed by atoms with E-state index in [4.69, 9.17) is 9.47 Å². The number of carbonyl (C=O) groups is 2. The monoisotopic (exact) mass is 464 g/mol. The van der Waals surface area contributed by atoms with Crippen LogP contribution in [0.5, 0.6) is 11.5 Å². The van der Waals surface area contributed by atoms with E-state index in [1.54, 1.807) is 12.1 Å². The van der Waals surface area contributed by atoms with Gasteiger partial charge in [-0.3, -0.25) is 0 Å². The summed E-state index contributed by atoms with van der Waals surface area (Å²) in [4.78, 5) is 23.4. The first kappa shape index (κ1) is 24.5. The van der Waals surface area contributed by atoms with Crippen molar-refractivity contribution in [3.63, 3.8) is 0 Å². The number of esters is 2. The second-order valence-corrected chi connectivity index (χ2v) is 7.66. The Kier molecular flexibility index (Phi) is 7.38. The lowest BCUT2D eigenvalue weighted by atomic mass is 9.98. The highest BCUT2D eigenvalue weighted by Crippen LogP contribution is 2.32. The predicted octanol–water partition coefficient (Wildman–Crippen LogP) is 5.75. The molecule has 0 saturated carbocycles. The van der Waals surface area contributed by atoms with E-state index < -0.39 is 30.2 Å². The van der Waals surface area contributed by atoms with Crippen molar-refractivity contribution >= 4 is 11.9 Å². The van der Waals surface area contributed by atoms with Gasteiger partial charge in [-0.25, -0.2) is 18.4 Å². The molecule has 0 unspecified atom stereocenters. The average Bonchev–Trinajstić information content (AvgIpc) is 2.80. The van der Waals surface area contributed by atoms with Gasteiger partial charge in [-0.15, -0.1) is 0 Å². The summed E-state index contributed by atoms with van der Waals surface area (Å²) in [7, 11) is 0. The van der Waals surface area contributed by atoms with Crippen LogP contribution in [-0.2, 0) is 16.2 Å². The van der Waals surface area contributed by atoms with Gasteiger partial charge in [0.2, 0.25) is 0 Å². The minimum Gasteiger partial charge on any atom is -0.423 e. The molecule has 1 N–H and O–H groups in total. The number of rotatable bonds is 7. The Labute approximate surface area is 195 Å².